The molecule has 0 bridgehead atoms. The number of fused-ring (bicyclic) bond motifs is 1. The van der Waals surface area contributed by atoms with E-state index in [4.69, 9.17) is 9.47 Å². The number of ether oxygens (including phenoxy) is 2. The Labute approximate surface area is 207 Å². The Morgan fingerprint density at radius 2 is 1.77 bits per heavy atom. The molecule has 5 nitrogen and oxygen atoms in total. The fourth-order valence-electron chi connectivity index (χ4n) is 5.06. The van der Waals surface area contributed by atoms with Crippen molar-refractivity contribution in [3.63, 3.8) is 0 Å². The number of rotatable bonds is 6. The minimum Gasteiger partial charge on any atom is -0.508 e. The number of benzene rings is 3. The summed E-state index contributed by atoms with van der Waals surface area (Å²) in [6.07, 6.45) is 3.12. The highest BCUT2D eigenvalue weighted by Crippen LogP contribution is 2.45. The summed E-state index contributed by atoms with van der Waals surface area (Å²) in [6, 6.07) is 18.9. The van der Waals surface area contributed by atoms with Crippen LogP contribution in [0, 0.1) is 5.92 Å². The molecule has 3 atom stereocenters. The summed E-state index contributed by atoms with van der Waals surface area (Å²) in [5.74, 6) is 2.63. The number of hydrogen-bond acceptors (Lipinski definition) is 5. The number of phenolic OH excluding ortho intramolecular Hbond substituents is 2. The van der Waals surface area contributed by atoms with Gasteiger partial charge in [-0.25, -0.2) is 0 Å². The number of nitrogens with zero attached hydrogens (tertiary/aromatic N) is 1. The van der Waals surface area contributed by atoms with E-state index < -0.39 is 0 Å². The molecular formula is C30H33NO4. The van der Waals surface area contributed by atoms with Crippen LogP contribution in [-0.2, 0) is 0 Å². The maximum atomic E-state index is 10.4. The van der Waals surface area contributed by atoms with Gasteiger partial charge in [0.05, 0.1) is 0 Å². The Kier molecular flexibility index (Phi) is 6.44. The van der Waals surface area contributed by atoms with Gasteiger partial charge in [0.1, 0.15) is 35.7 Å². The number of hydrogen-bond donors (Lipinski definition) is 2. The second-order valence-corrected chi connectivity index (χ2v) is 9.92. The largest absolute Gasteiger partial charge is 0.508 e. The van der Waals surface area contributed by atoms with Crippen molar-refractivity contribution in [2.75, 3.05) is 19.7 Å². The summed E-state index contributed by atoms with van der Waals surface area (Å²) in [7, 11) is 0. The Balaban J connectivity index is 1.31. The van der Waals surface area contributed by atoms with E-state index in [-0.39, 0.29) is 17.6 Å². The van der Waals surface area contributed by atoms with Crippen LogP contribution >= 0.6 is 0 Å². The smallest absolute Gasteiger partial charge is 0.143 e. The maximum Gasteiger partial charge on any atom is 0.143 e. The van der Waals surface area contributed by atoms with Crippen molar-refractivity contribution in [2.24, 2.45) is 5.92 Å². The topological polar surface area (TPSA) is 62.2 Å². The third-order valence-electron chi connectivity index (χ3n) is 7.09. The number of allylic oxidation sites excluding steroid dienone is 1. The molecule has 2 N–H and O–H groups in total. The summed E-state index contributed by atoms with van der Waals surface area (Å²) in [6.45, 7) is 9.59. The summed E-state index contributed by atoms with van der Waals surface area (Å²) in [5, 5.41) is 20.0. The molecule has 1 saturated heterocycles. The SMILES string of the molecule is CC1=CC(c2ccc(OC[C@H](C)N3CC[C@@H](C)C3)cc2)Oc2cc(O)cc(-c3ccc(O)cc3)c21. The summed E-state index contributed by atoms with van der Waals surface area (Å²) in [4.78, 5) is 2.50. The van der Waals surface area contributed by atoms with E-state index in [1.165, 1.54) is 6.42 Å². The zero-order chi connectivity index (χ0) is 24.5. The molecule has 3 aromatic carbocycles. The van der Waals surface area contributed by atoms with Crippen LogP contribution in [-0.4, -0.2) is 40.9 Å². The monoisotopic (exact) mass is 471 g/mol. The lowest BCUT2D eigenvalue weighted by Crippen LogP contribution is -2.35. The Morgan fingerprint density at radius 3 is 2.46 bits per heavy atom. The third kappa shape index (κ3) is 5.01. The second kappa shape index (κ2) is 9.67. The van der Waals surface area contributed by atoms with Crippen LogP contribution in [0.25, 0.3) is 16.7 Å². The third-order valence-corrected chi connectivity index (χ3v) is 7.09. The van der Waals surface area contributed by atoms with Crippen LogP contribution in [0.2, 0.25) is 0 Å². The lowest BCUT2D eigenvalue weighted by Gasteiger charge is -2.27. The van der Waals surface area contributed by atoms with Gasteiger partial charge < -0.3 is 19.7 Å². The van der Waals surface area contributed by atoms with E-state index >= 15 is 0 Å². The van der Waals surface area contributed by atoms with Crippen molar-refractivity contribution in [1.82, 2.24) is 4.90 Å². The molecule has 182 valence electrons. The first-order valence-electron chi connectivity index (χ1n) is 12.4. The van der Waals surface area contributed by atoms with Gasteiger partial charge in [-0.3, -0.25) is 4.90 Å². The Morgan fingerprint density at radius 1 is 1.03 bits per heavy atom. The molecule has 1 unspecified atom stereocenters. The molecule has 0 aromatic heterocycles. The van der Waals surface area contributed by atoms with Gasteiger partial charge >= 0.3 is 0 Å². The lowest BCUT2D eigenvalue weighted by atomic mass is 9.90. The first-order chi connectivity index (χ1) is 16.9. The van der Waals surface area contributed by atoms with Crippen molar-refractivity contribution >= 4 is 5.57 Å². The van der Waals surface area contributed by atoms with Gasteiger partial charge in [0.15, 0.2) is 0 Å². The molecule has 0 aliphatic carbocycles. The van der Waals surface area contributed by atoms with Gasteiger partial charge in [-0.1, -0.05) is 31.2 Å². The van der Waals surface area contributed by atoms with E-state index in [0.29, 0.717) is 18.4 Å². The average Bonchev–Trinajstić information content (AvgIpc) is 3.29. The van der Waals surface area contributed by atoms with Crippen molar-refractivity contribution in [3.05, 3.63) is 77.9 Å². The minimum atomic E-state index is -0.254. The highest BCUT2D eigenvalue weighted by molar-refractivity contribution is 5.86. The van der Waals surface area contributed by atoms with Gasteiger partial charge in [-0.15, -0.1) is 0 Å². The highest BCUT2D eigenvalue weighted by atomic mass is 16.5. The molecule has 0 spiro atoms. The fraction of sp³-hybridized carbons (Fsp3) is 0.333. The maximum absolute atomic E-state index is 10.4. The van der Waals surface area contributed by atoms with E-state index in [9.17, 15) is 10.2 Å². The summed E-state index contributed by atoms with van der Waals surface area (Å²) >= 11 is 0. The van der Waals surface area contributed by atoms with Crippen LogP contribution in [0.4, 0.5) is 0 Å². The molecule has 2 aliphatic rings. The highest BCUT2D eigenvalue weighted by Gasteiger charge is 2.25. The van der Waals surface area contributed by atoms with E-state index in [0.717, 1.165) is 52.6 Å². The first-order valence-corrected chi connectivity index (χ1v) is 12.4. The van der Waals surface area contributed by atoms with Crippen LogP contribution < -0.4 is 9.47 Å². The molecule has 5 rings (SSSR count). The molecule has 2 heterocycles. The quantitative estimate of drug-likeness (QED) is 0.435. The normalized spacial score (nSPS) is 20.6. The first kappa shape index (κ1) is 23.3. The minimum absolute atomic E-state index is 0.144. The molecule has 0 amide bonds. The summed E-state index contributed by atoms with van der Waals surface area (Å²) in [5.41, 5.74) is 4.84. The molecule has 35 heavy (non-hydrogen) atoms. The molecule has 5 heteroatoms. The van der Waals surface area contributed by atoms with Crippen molar-refractivity contribution < 1.29 is 19.7 Å². The zero-order valence-corrected chi connectivity index (χ0v) is 20.6. The van der Waals surface area contributed by atoms with E-state index in [1.807, 2.05) is 36.4 Å². The van der Waals surface area contributed by atoms with Crippen molar-refractivity contribution in [3.8, 4) is 34.1 Å². The number of aromatic hydroxyl groups is 2. The zero-order valence-electron chi connectivity index (χ0n) is 20.6. The number of likely N-dealkylation sites (tertiary alicyclic amines) is 1. The lowest BCUT2D eigenvalue weighted by molar-refractivity contribution is 0.169. The van der Waals surface area contributed by atoms with Crippen molar-refractivity contribution in [2.45, 2.75) is 39.3 Å². The van der Waals surface area contributed by atoms with Gasteiger partial charge in [0.25, 0.3) is 0 Å². The molecular weight excluding hydrogens is 438 g/mol. The fourth-order valence-corrected chi connectivity index (χ4v) is 5.06. The predicted octanol–water partition coefficient (Wildman–Crippen LogP) is 6.41. The van der Waals surface area contributed by atoms with Gasteiger partial charge in [0, 0.05) is 24.2 Å². The summed E-state index contributed by atoms with van der Waals surface area (Å²) < 4.78 is 12.4. The van der Waals surface area contributed by atoms with Crippen molar-refractivity contribution in [1.29, 1.82) is 0 Å². The number of phenols is 2. The van der Waals surface area contributed by atoms with Gasteiger partial charge in [0.2, 0.25) is 0 Å². The van der Waals surface area contributed by atoms with Crippen LogP contribution in [0.3, 0.4) is 0 Å². The Hall–Kier alpha value is -3.44. The standard InChI is InChI=1S/C30H33NO4/c1-19-12-13-31(17-19)21(3)18-34-26-10-6-23(7-11-26)28-14-20(2)30-27(15-25(33)16-29(30)35-28)22-4-8-24(32)9-5-22/h4-11,14-16,19,21,28,32-33H,12-13,17-18H2,1-3H3/t19-,21+,28?/m1/s1. The second-order valence-electron chi connectivity index (χ2n) is 9.92. The molecule has 0 radical (unpaired) electrons. The van der Waals surface area contributed by atoms with Crippen LogP contribution in [0.1, 0.15) is 44.4 Å². The molecule has 3 aromatic rings. The van der Waals surface area contributed by atoms with Crippen LogP contribution in [0.5, 0.6) is 23.0 Å². The van der Waals surface area contributed by atoms with Gasteiger partial charge in [-0.05, 0) is 91.4 Å². The van der Waals surface area contributed by atoms with E-state index in [1.54, 1.807) is 24.3 Å². The predicted molar refractivity (Wildman–Crippen MR) is 139 cm³/mol. The van der Waals surface area contributed by atoms with Gasteiger partial charge in [-0.2, -0.15) is 0 Å². The molecule has 0 saturated carbocycles. The molecule has 1 fully saturated rings. The van der Waals surface area contributed by atoms with E-state index in [2.05, 4.69) is 31.7 Å². The average molecular weight is 472 g/mol. The Bertz CT molecular complexity index is 1220. The molecule has 2 aliphatic heterocycles. The van der Waals surface area contributed by atoms with Crippen LogP contribution in [0.15, 0.2) is 66.7 Å².